The summed E-state index contributed by atoms with van der Waals surface area (Å²) in [6.07, 6.45) is 5.61. The van der Waals surface area contributed by atoms with Gasteiger partial charge in [0.1, 0.15) is 5.82 Å². The highest BCUT2D eigenvalue weighted by atomic mass is 19.1. The summed E-state index contributed by atoms with van der Waals surface area (Å²) in [6.45, 7) is 7.09. The van der Waals surface area contributed by atoms with Gasteiger partial charge in [0, 0.05) is 19.2 Å². The van der Waals surface area contributed by atoms with E-state index in [0.29, 0.717) is 5.56 Å². The molecule has 0 aromatic heterocycles. The molecule has 23 heavy (non-hydrogen) atoms. The summed E-state index contributed by atoms with van der Waals surface area (Å²) in [5, 5.41) is 0. The van der Waals surface area contributed by atoms with Gasteiger partial charge in [0.15, 0.2) is 0 Å². The van der Waals surface area contributed by atoms with E-state index in [1.807, 2.05) is 50.4 Å². The number of aliphatic imine (C=N–C) groups is 1. The highest BCUT2D eigenvalue weighted by Crippen LogP contribution is 2.24. The summed E-state index contributed by atoms with van der Waals surface area (Å²) < 4.78 is 13.7. The lowest BCUT2D eigenvalue weighted by Gasteiger charge is -2.10. The predicted molar refractivity (Wildman–Crippen MR) is 97.7 cm³/mol. The molecule has 0 saturated heterocycles. The van der Waals surface area contributed by atoms with Gasteiger partial charge >= 0.3 is 0 Å². The molecule has 3 heteroatoms. The zero-order valence-electron chi connectivity index (χ0n) is 14.2. The van der Waals surface area contributed by atoms with Gasteiger partial charge in [-0.1, -0.05) is 30.4 Å². The molecule has 0 saturated carbocycles. The van der Waals surface area contributed by atoms with Crippen molar-refractivity contribution in [3.8, 4) is 0 Å². The van der Waals surface area contributed by atoms with Crippen molar-refractivity contribution in [2.24, 2.45) is 4.99 Å². The Morgan fingerprint density at radius 1 is 1.04 bits per heavy atom. The minimum Gasteiger partial charge on any atom is -0.366 e. The predicted octanol–water partition coefficient (Wildman–Crippen LogP) is 5.22. The second-order valence-corrected chi connectivity index (χ2v) is 5.67. The standard InChI is InChI=1S/C20H23FN2/c1-5-23(4)14-22-20-13-15(2)18(12-16(20)3)11-10-17-8-6-7-9-19(17)21/h6-14H,5H2,1-4H3/b11-10+,22-14+. The molecule has 2 aromatic carbocycles. The van der Waals surface area contributed by atoms with Crippen LogP contribution >= 0.6 is 0 Å². The Kier molecular flexibility index (Phi) is 5.69. The third-order valence-corrected chi connectivity index (χ3v) is 3.83. The molecule has 0 bridgehead atoms. The Bertz CT molecular complexity index is 732. The van der Waals surface area contributed by atoms with Crippen molar-refractivity contribution in [3.63, 3.8) is 0 Å². The highest BCUT2D eigenvalue weighted by Gasteiger charge is 2.02. The summed E-state index contributed by atoms with van der Waals surface area (Å²) >= 11 is 0. The van der Waals surface area contributed by atoms with Crippen molar-refractivity contribution in [2.45, 2.75) is 20.8 Å². The minimum atomic E-state index is -0.207. The van der Waals surface area contributed by atoms with Crippen LogP contribution in [0.15, 0.2) is 41.4 Å². The first-order chi connectivity index (χ1) is 11.0. The van der Waals surface area contributed by atoms with Gasteiger partial charge in [-0.25, -0.2) is 9.38 Å². The van der Waals surface area contributed by atoms with E-state index in [-0.39, 0.29) is 5.82 Å². The quantitative estimate of drug-likeness (QED) is 0.420. The van der Waals surface area contributed by atoms with Crippen LogP contribution in [0, 0.1) is 19.7 Å². The molecule has 0 N–H and O–H groups in total. The Labute approximate surface area is 138 Å². The number of aryl methyl sites for hydroxylation is 2. The first-order valence-electron chi connectivity index (χ1n) is 7.79. The zero-order valence-corrected chi connectivity index (χ0v) is 14.2. The smallest absolute Gasteiger partial charge is 0.130 e. The van der Waals surface area contributed by atoms with Crippen molar-refractivity contribution < 1.29 is 4.39 Å². The molecule has 0 heterocycles. The number of nitrogens with zero attached hydrogens (tertiary/aromatic N) is 2. The van der Waals surface area contributed by atoms with E-state index in [1.54, 1.807) is 12.1 Å². The Hall–Kier alpha value is -2.42. The molecular formula is C20H23FN2. The average molecular weight is 310 g/mol. The van der Waals surface area contributed by atoms with E-state index in [9.17, 15) is 4.39 Å². The fraction of sp³-hybridized carbons (Fsp3) is 0.250. The van der Waals surface area contributed by atoms with Crippen LogP contribution in [0.3, 0.4) is 0 Å². The van der Waals surface area contributed by atoms with E-state index in [2.05, 4.69) is 24.0 Å². The van der Waals surface area contributed by atoms with E-state index in [0.717, 1.165) is 28.9 Å². The van der Waals surface area contributed by atoms with Crippen LogP contribution in [-0.2, 0) is 0 Å². The topological polar surface area (TPSA) is 15.6 Å². The second kappa shape index (κ2) is 7.73. The normalized spacial score (nSPS) is 11.5. The summed E-state index contributed by atoms with van der Waals surface area (Å²) in [5.74, 6) is -0.207. The lowest BCUT2D eigenvalue weighted by molar-refractivity contribution is 0.552. The van der Waals surface area contributed by atoms with Gasteiger partial charge in [0.05, 0.1) is 12.0 Å². The number of hydrogen-bond donors (Lipinski definition) is 0. The Morgan fingerprint density at radius 2 is 1.74 bits per heavy atom. The Morgan fingerprint density at radius 3 is 2.43 bits per heavy atom. The van der Waals surface area contributed by atoms with Crippen LogP contribution < -0.4 is 0 Å². The van der Waals surface area contributed by atoms with Crippen LogP contribution in [-0.4, -0.2) is 24.8 Å². The molecule has 0 amide bonds. The third kappa shape index (κ3) is 4.52. The van der Waals surface area contributed by atoms with E-state index in [1.165, 1.54) is 6.07 Å². The molecule has 0 aliphatic heterocycles. The lowest BCUT2D eigenvalue weighted by Crippen LogP contribution is -2.14. The number of benzene rings is 2. The molecule has 0 aliphatic carbocycles. The average Bonchev–Trinajstić information content (AvgIpc) is 2.54. The van der Waals surface area contributed by atoms with Crippen molar-refractivity contribution in [1.82, 2.24) is 4.90 Å². The van der Waals surface area contributed by atoms with Gasteiger partial charge < -0.3 is 4.90 Å². The number of hydrogen-bond acceptors (Lipinski definition) is 1. The first-order valence-corrected chi connectivity index (χ1v) is 7.79. The number of rotatable bonds is 5. The largest absolute Gasteiger partial charge is 0.366 e. The molecule has 0 atom stereocenters. The molecular weight excluding hydrogens is 287 g/mol. The van der Waals surface area contributed by atoms with Crippen LogP contribution in [0.5, 0.6) is 0 Å². The van der Waals surface area contributed by atoms with Crippen molar-refractivity contribution in [1.29, 1.82) is 0 Å². The molecule has 2 nitrogen and oxygen atoms in total. The minimum absolute atomic E-state index is 0.207. The monoisotopic (exact) mass is 310 g/mol. The molecule has 0 fully saturated rings. The molecule has 2 rings (SSSR count). The zero-order chi connectivity index (χ0) is 16.8. The molecule has 120 valence electrons. The van der Waals surface area contributed by atoms with Crippen LogP contribution in [0.4, 0.5) is 10.1 Å². The van der Waals surface area contributed by atoms with Crippen LogP contribution in [0.25, 0.3) is 12.2 Å². The maximum atomic E-state index is 13.7. The van der Waals surface area contributed by atoms with Gasteiger partial charge in [0.2, 0.25) is 0 Å². The molecule has 0 aliphatic rings. The van der Waals surface area contributed by atoms with Gasteiger partial charge in [-0.15, -0.1) is 0 Å². The first kappa shape index (κ1) is 16.9. The lowest BCUT2D eigenvalue weighted by atomic mass is 10.0. The molecule has 0 spiro atoms. The fourth-order valence-corrected chi connectivity index (χ4v) is 2.17. The van der Waals surface area contributed by atoms with Gasteiger partial charge in [-0.3, -0.25) is 0 Å². The van der Waals surface area contributed by atoms with E-state index in [4.69, 9.17) is 0 Å². The summed E-state index contributed by atoms with van der Waals surface area (Å²) in [5.41, 5.74) is 4.86. The van der Waals surface area contributed by atoms with E-state index < -0.39 is 0 Å². The molecule has 0 radical (unpaired) electrons. The SMILES string of the molecule is CCN(C)/C=N/c1cc(C)c(/C=C/c2ccccc2F)cc1C. The van der Waals surface area contributed by atoms with E-state index >= 15 is 0 Å². The third-order valence-electron chi connectivity index (χ3n) is 3.83. The van der Waals surface area contributed by atoms with Gasteiger partial charge in [-0.2, -0.15) is 0 Å². The van der Waals surface area contributed by atoms with Crippen molar-refractivity contribution in [3.05, 3.63) is 64.5 Å². The number of halogens is 1. The maximum absolute atomic E-state index is 13.7. The summed E-state index contributed by atoms with van der Waals surface area (Å²) in [4.78, 5) is 6.56. The second-order valence-electron chi connectivity index (χ2n) is 5.67. The molecule has 2 aromatic rings. The Balaban J connectivity index is 2.26. The molecule has 0 unspecified atom stereocenters. The van der Waals surface area contributed by atoms with Crippen LogP contribution in [0.1, 0.15) is 29.2 Å². The van der Waals surface area contributed by atoms with Crippen molar-refractivity contribution in [2.75, 3.05) is 13.6 Å². The van der Waals surface area contributed by atoms with Crippen molar-refractivity contribution >= 4 is 24.2 Å². The highest BCUT2D eigenvalue weighted by molar-refractivity contribution is 5.74. The van der Waals surface area contributed by atoms with Gasteiger partial charge in [-0.05, 0) is 55.7 Å². The van der Waals surface area contributed by atoms with Gasteiger partial charge in [0.25, 0.3) is 0 Å². The summed E-state index contributed by atoms with van der Waals surface area (Å²) in [6, 6.07) is 10.9. The fourth-order valence-electron chi connectivity index (χ4n) is 2.17. The summed E-state index contributed by atoms with van der Waals surface area (Å²) in [7, 11) is 2.00. The van der Waals surface area contributed by atoms with Crippen LogP contribution in [0.2, 0.25) is 0 Å². The maximum Gasteiger partial charge on any atom is 0.130 e.